The largest absolute Gasteiger partial charge is 0.391 e. The molecule has 0 amide bonds. The SMILES string of the molecule is CC(C)(C)c1cc(N)n(C2CCCCC2O)n1. The third-order valence-corrected chi connectivity index (χ3v) is 3.54. The number of nitrogen functional groups attached to an aromatic ring is 1. The molecule has 0 aliphatic heterocycles. The van der Waals surface area contributed by atoms with E-state index in [2.05, 4.69) is 25.9 Å². The average Bonchev–Trinajstić information content (AvgIpc) is 2.61. The standard InChI is InChI=1S/C13H23N3O/c1-13(2,3)11-8-12(14)16(15-11)9-6-4-5-7-10(9)17/h8-10,17H,4-7,14H2,1-3H3. The van der Waals surface area contributed by atoms with Crippen LogP contribution in [0.2, 0.25) is 0 Å². The molecule has 4 nitrogen and oxygen atoms in total. The van der Waals surface area contributed by atoms with Crippen LogP contribution in [0.15, 0.2) is 6.07 Å². The van der Waals surface area contributed by atoms with Crippen LogP contribution in [0, 0.1) is 0 Å². The van der Waals surface area contributed by atoms with E-state index in [0.717, 1.165) is 31.4 Å². The highest BCUT2D eigenvalue weighted by molar-refractivity contribution is 5.34. The van der Waals surface area contributed by atoms with Gasteiger partial charge in [-0.2, -0.15) is 5.10 Å². The fourth-order valence-electron chi connectivity index (χ4n) is 2.42. The smallest absolute Gasteiger partial charge is 0.122 e. The molecule has 1 aliphatic rings. The molecule has 1 aromatic rings. The first-order valence-electron chi connectivity index (χ1n) is 6.43. The number of aromatic nitrogens is 2. The summed E-state index contributed by atoms with van der Waals surface area (Å²) in [5, 5.41) is 14.6. The molecular formula is C13H23N3O. The third kappa shape index (κ3) is 2.46. The molecule has 17 heavy (non-hydrogen) atoms. The summed E-state index contributed by atoms with van der Waals surface area (Å²) in [6.07, 6.45) is 3.77. The van der Waals surface area contributed by atoms with Gasteiger partial charge in [-0.15, -0.1) is 0 Å². The van der Waals surface area contributed by atoms with E-state index >= 15 is 0 Å². The maximum Gasteiger partial charge on any atom is 0.122 e. The highest BCUT2D eigenvalue weighted by Crippen LogP contribution is 2.32. The molecule has 1 aliphatic carbocycles. The van der Waals surface area contributed by atoms with Gasteiger partial charge in [0, 0.05) is 11.5 Å². The van der Waals surface area contributed by atoms with Crippen molar-refractivity contribution in [1.82, 2.24) is 9.78 Å². The molecule has 0 aromatic carbocycles. The molecular weight excluding hydrogens is 214 g/mol. The van der Waals surface area contributed by atoms with Gasteiger partial charge in [-0.25, -0.2) is 4.68 Å². The molecule has 2 atom stereocenters. The first kappa shape index (κ1) is 12.4. The first-order valence-corrected chi connectivity index (χ1v) is 6.43. The molecule has 0 bridgehead atoms. The Morgan fingerprint density at radius 1 is 1.35 bits per heavy atom. The number of aliphatic hydroxyl groups excluding tert-OH is 1. The van der Waals surface area contributed by atoms with Crippen LogP contribution in [0.25, 0.3) is 0 Å². The number of nitrogens with two attached hydrogens (primary N) is 1. The summed E-state index contributed by atoms with van der Waals surface area (Å²) in [7, 11) is 0. The summed E-state index contributed by atoms with van der Waals surface area (Å²) in [5.41, 5.74) is 7.01. The van der Waals surface area contributed by atoms with Crippen molar-refractivity contribution >= 4 is 5.82 Å². The van der Waals surface area contributed by atoms with E-state index in [4.69, 9.17) is 5.73 Å². The monoisotopic (exact) mass is 237 g/mol. The summed E-state index contributed by atoms with van der Waals surface area (Å²) >= 11 is 0. The number of anilines is 1. The Hall–Kier alpha value is -1.03. The van der Waals surface area contributed by atoms with Crippen molar-refractivity contribution in [2.45, 2.75) is 64.0 Å². The van der Waals surface area contributed by atoms with Gasteiger partial charge in [0.2, 0.25) is 0 Å². The Kier molecular flexibility index (Phi) is 3.17. The maximum absolute atomic E-state index is 10.0. The van der Waals surface area contributed by atoms with Crippen molar-refractivity contribution in [3.63, 3.8) is 0 Å². The predicted octanol–water partition coefficient (Wildman–Crippen LogP) is 2.24. The highest BCUT2D eigenvalue weighted by Gasteiger charge is 2.28. The minimum Gasteiger partial charge on any atom is -0.391 e. The van der Waals surface area contributed by atoms with Crippen molar-refractivity contribution in [3.05, 3.63) is 11.8 Å². The van der Waals surface area contributed by atoms with Gasteiger partial charge >= 0.3 is 0 Å². The van der Waals surface area contributed by atoms with Gasteiger partial charge in [0.1, 0.15) is 5.82 Å². The average molecular weight is 237 g/mol. The van der Waals surface area contributed by atoms with Gasteiger partial charge in [0.05, 0.1) is 17.8 Å². The van der Waals surface area contributed by atoms with Crippen molar-refractivity contribution < 1.29 is 5.11 Å². The number of nitrogens with zero attached hydrogens (tertiary/aromatic N) is 2. The lowest BCUT2D eigenvalue weighted by Gasteiger charge is -2.28. The summed E-state index contributed by atoms with van der Waals surface area (Å²) < 4.78 is 1.82. The molecule has 2 rings (SSSR count). The van der Waals surface area contributed by atoms with Gasteiger partial charge in [-0.05, 0) is 12.8 Å². The zero-order chi connectivity index (χ0) is 12.6. The quantitative estimate of drug-likeness (QED) is 0.787. The van der Waals surface area contributed by atoms with E-state index in [9.17, 15) is 5.11 Å². The van der Waals surface area contributed by atoms with Gasteiger partial charge in [0.15, 0.2) is 0 Å². The zero-order valence-electron chi connectivity index (χ0n) is 11.0. The number of hydrogen-bond acceptors (Lipinski definition) is 3. The Bertz CT molecular complexity index is 392. The van der Waals surface area contributed by atoms with Crippen molar-refractivity contribution in [3.8, 4) is 0 Å². The minimum atomic E-state index is -0.307. The molecule has 1 heterocycles. The fourth-order valence-corrected chi connectivity index (χ4v) is 2.42. The number of aliphatic hydroxyl groups is 1. The normalized spacial score (nSPS) is 26.1. The maximum atomic E-state index is 10.0. The van der Waals surface area contributed by atoms with Crippen LogP contribution in [0.1, 0.15) is 58.2 Å². The second-order valence-electron chi connectivity index (χ2n) is 6.07. The number of hydrogen-bond donors (Lipinski definition) is 2. The first-order chi connectivity index (χ1) is 7.89. The zero-order valence-corrected chi connectivity index (χ0v) is 11.0. The van der Waals surface area contributed by atoms with Crippen LogP contribution < -0.4 is 5.73 Å². The lowest BCUT2D eigenvalue weighted by Crippen LogP contribution is -2.29. The molecule has 0 saturated heterocycles. The summed E-state index contributed by atoms with van der Waals surface area (Å²) in [6.45, 7) is 6.36. The highest BCUT2D eigenvalue weighted by atomic mass is 16.3. The molecule has 1 aromatic heterocycles. The Morgan fingerprint density at radius 2 is 2.00 bits per heavy atom. The second kappa shape index (κ2) is 4.33. The Morgan fingerprint density at radius 3 is 2.53 bits per heavy atom. The molecule has 0 radical (unpaired) electrons. The van der Waals surface area contributed by atoms with E-state index < -0.39 is 0 Å². The summed E-state index contributed by atoms with van der Waals surface area (Å²) in [5.74, 6) is 0.667. The van der Waals surface area contributed by atoms with Crippen molar-refractivity contribution in [2.75, 3.05) is 5.73 Å². The molecule has 2 unspecified atom stereocenters. The van der Waals surface area contributed by atoms with E-state index in [-0.39, 0.29) is 17.6 Å². The van der Waals surface area contributed by atoms with E-state index in [0.29, 0.717) is 5.82 Å². The van der Waals surface area contributed by atoms with Gasteiger partial charge in [0.25, 0.3) is 0 Å². The van der Waals surface area contributed by atoms with Crippen LogP contribution in [0.4, 0.5) is 5.82 Å². The van der Waals surface area contributed by atoms with Crippen LogP contribution >= 0.6 is 0 Å². The van der Waals surface area contributed by atoms with E-state index in [1.807, 2.05) is 10.7 Å². The molecule has 1 saturated carbocycles. The second-order valence-corrected chi connectivity index (χ2v) is 6.07. The summed E-state index contributed by atoms with van der Waals surface area (Å²) in [4.78, 5) is 0. The Labute approximate surface area is 103 Å². The predicted molar refractivity (Wildman–Crippen MR) is 68.9 cm³/mol. The third-order valence-electron chi connectivity index (χ3n) is 3.54. The van der Waals surface area contributed by atoms with Crippen molar-refractivity contribution in [2.24, 2.45) is 0 Å². The lowest BCUT2D eigenvalue weighted by molar-refractivity contribution is 0.0702. The van der Waals surface area contributed by atoms with E-state index in [1.165, 1.54) is 0 Å². The van der Waals surface area contributed by atoms with Gasteiger partial charge < -0.3 is 10.8 Å². The molecule has 3 N–H and O–H groups in total. The molecule has 0 spiro atoms. The minimum absolute atomic E-state index is 0.00100. The molecule has 96 valence electrons. The van der Waals surface area contributed by atoms with Crippen LogP contribution in [-0.2, 0) is 5.41 Å². The Balaban J connectivity index is 2.29. The lowest BCUT2D eigenvalue weighted by atomic mass is 9.92. The van der Waals surface area contributed by atoms with Crippen LogP contribution in [-0.4, -0.2) is 21.0 Å². The van der Waals surface area contributed by atoms with E-state index in [1.54, 1.807) is 0 Å². The topological polar surface area (TPSA) is 64.1 Å². The van der Waals surface area contributed by atoms with Crippen molar-refractivity contribution in [1.29, 1.82) is 0 Å². The number of rotatable bonds is 1. The van der Waals surface area contributed by atoms with Gasteiger partial charge in [-0.3, -0.25) is 0 Å². The van der Waals surface area contributed by atoms with Crippen LogP contribution in [0.5, 0.6) is 0 Å². The molecule has 4 heteroatoms. The van der Waals surface area contributed by atoms with Crippen LogP contribution in [0.3, 0.4) is 0 Å². The fraction of sp³-hybridized carbons (Fsp3) is 0.769. The van der Waals surface area contributed by atoms with Gasteiger partial charge in [-0.1, -0.05) is 33.6 Å². The molecule has 1 fully saturated rings. The summed E-state index contributed by atoms with van der Waals surface area (Å²) in [6, 6.07) is 1.99.